The van der Waals surface area contributed by atoms with Gasteiger partial charge in [0.05, 0.1) is 16.5 Å². The second-order valence-electron chi connectivity index (χ2n) is 14.9. The molecular formula is C40H43Cl2F2N5O6. The maximum absolute atomic E-state index is 14.7. The molecule has 11 nitrogen and oxygen atoms in total. The SMILES string of the molecule is CC(=O)NCCc1ccc(Cl)c(CN(C(=O)[C@H]2CN(C(=O)OC(C)(C)C)CC[C@@H]2c2ccc(OCc3cc(-c4c(F)ccc(F)c4Cl)no3)nc2)C2CC2)c1. The first-order chi connectivity index (χ1) is 26.2. The number of nitrogens with one attached hydrogen (secondary N) is 1. The molecule has 0 bridgehead atoms. The van der Waals surface area contributed by atoms with Crippen molar-refractivity contribution in [3.8, 4) is 17.1 Å². The van der Waals surface area contributed by atoms with Crippen molar-refractivity contribution in [2.75, 3.05) is 19.6 Å². The van der Waals surface area contributed by atoms with Gasteiger partial charge >= 0.3 is 6.09 Å². The molecule has 2 aromatic heterocycles. The molecule has 4 aromatic rings. The number of carbonyl (C=O) groups excluding carboxylic acids is 3. The van der Waals surface area contributed by atoms with Gasteiger partial charge in [0, 0.05) is 68.4 Å². The number of benzene rings is 2. The fourth-order valence-corrected chi connectivity index (χ4v) is 7.08. The molecule has 0 radical (unpaired) electrons. The van der Waals surface area contributed by atoms with E-state index in [4.69, 9.17) is 37.2 Å². The second-order valence-corrected chi connectivity index (χ2v) is 15.7. The van der Waals surface area contributed by atoms with E-state index in [0.717, 1.165) is 41.7 Å². The maximum atomic E-state index is 14.7. The van der Waals surface area contributed by atoms with Crippen LogP contribution in [0.25, 0.3) is 11.3 Å². The van der Waals surface area contributed by atoms with Crippen molar-refractivity contribution in [1.82, 2.24) is 25.3 Å². The van der Waals surface area contributed by atoms with Gasteiger partial charge in [-0.3, -0.25) is 9.59 Å². The van der Waals surface area contributed by atoms with Crippen LogP contribution in [0.2, 0.25) is 10.0 Å². The molecule has 1 N–H and O–H groups in total. The summed E-state index contributed by atoms with van der Waals surface area (Å²) in [4.78, 5) is 47.3. The summed E-state index contributed by atoms with van der Waals surface area (Å²) in [6.45, 7) is 8.12. The van der Waals surface area contributed by atoms with E-state index in [2.05, 4.69) is 15.5 Å². The number of carbonyl (C=O) groups is 3. The van der Waals surface area contributed by atoms with Gasteiger partial charge in [0.1, 0.15) is 22.9 Å². The van der Waals surface area contributed by atoms with Crippen LogP contribution in [0.1, 0.15) is 75.3 Å². The van der Waals surface area contributed by atoms with E-state index < -0.39 is 34.3 Å². The van der Waals surface area contributed by atoms with Gasteiger partial charge in [-0.1, -0.05) is 46.6 Å². The number of pyridine rings is 1. The number of rotatable bonds is 12. The first-order valence-corrected chi connectivity index (χ1v) is 18.9. The Kier molecular flexibility index (Phi) is 12.3. The first-order valence-electron chi connectivity index (χ1n) is 18.1. The van der Waals surface area contributed by atoms with Crippen LogP contribution in [0, 0.1) is 17.6 Å². The van der Waals surface area contributed by atoms with Crippen LogP contribution in [-0.2, 0) is 33.9 Å². The average Bonchev–Trinajstić information content (AvgIpc) is 3.88. The molecule has 0 spiro atoms. The van der Waals surface area contributed by atoms with E-state index in [9.17, 15) is 23.2 Å². The van der Waals surface area contributed by atoms with E-state index >= 15 is 0 Å². The van der Waals surface area contributed by atoms with E-state index in [-0.39, 0.29) is 59.8 Å². The summed E-state index contributed by atoms with van der Waals surface area (Å²) in [5, 5.41) is 6.78. The van der Waals surface area contributed by atoms with Gasteiger partial charge in [0.2, 0.25) is 17.7 Å². The minimum atomic E-state index is -0.784. The van der Waals surface area contributed by atoms with Gasteiger partial charge in [0.25, 0.3) is 0 Å². The molecule has 3 amide bonds. The van der Waals surface area contributed by atoms with Crippen LogP contribution in [0.3, 0.4) is 0 Å². The monoisotopic (exact) mass is 797 g/mol. The zero-order chi connectivity index (χ0) is 39.4. The molecule has 55 heavy (non-hydrogen) atoms. The lowest BCUT2D eigenvalue weighted by atomic mass is 9.80. The maximum Gasteiger partial charge on any atom is 0.410 e. The Morgan fingerprint density at radius 1 is 1.04 bits per heavy atom. The molecule has 3 heterocycles. The first kappa shape index (κ1) is 39.9. The molecular weight excluding hydrogens is 755 g/mol. The molecule has 1 aliphatic heterocycles. The zero-order valence-corrected chi connectivity index (χ0v) is 32.6. The minimum Gasteiger partial charge on any atom is -0.469 e. The molecule has 1 aliphatic carbocycles. The largest absolute Gasteiger partial charge is 0.469 e. The van der Waals surface area contributed by atoms with Crippen LogP contribution in [0.15, 0.2) is 59.3 Å². The predicted octanol–water partition coefficient (Wildman–Crippen LogP) is 8.11. The molecule has 2 atom stereocenters. The van der Waals surface area contributed by atoms with Crippen LogP contribution in [-0.4, -0.2) is 69.1 Å². The van der Waals surface area contributed by atoms with Gasteiger partial charge < -0.3 is 29.1 Å². The van der Waals surface area contributed by atoms with E-state index in [0.29, 0.717) is 37.5 Å². The molecule has 2 aromatic carbocycles. The number of aromatic nitrogens is 2. The zero-order valence-electron chi connectivity index (χ0n) is 31.0. The van der Waals surface area contributed by atoms with Crippen molar-refractivity contribution >= 4 is 41.1 Å². The summed E-state index contributed by atoms with van der Waals surface area (Å²) in [5.41, 5.74) is 1.72. The van der Waals surface area contributed by atoms with Crippen molar-refractivity contribution in [3.05, 3.63) is 98.9 Å². The smallest absolute Gasteiger partial charge is 0.410 e. The van der Waals surface area contributed by atoms with E-state index in [1.807, 2.05) is 29.2 Å². The average molecular weight is 799 g/mol. The lowest BCUT2D eigenvalue weighted by molar-refractivity contribution is -0.139. The van der Waals surface area contributed by atoms with Crippen molar-refractivity contribution in [2.45, 2.75) is 84.1 Å². The summed E-state index contributed by atoms with van der Waals surface area (Å²) in [7, 11) is 0. The Bertz CT molecular complexity index is 2030. The third kappa shape index (κ3) is 10.1. The van der Waals surface area contributed by atoms with Crippen LogP contribution < -0.4 is 10.1 Å². The normalized spacial score (nSPS) is 17.1. The Balaban J connectivity index is 1.19. The topological polar surface area (TPSA) is 127 Å². The highest BCUT2D eigenvalue weighted by molar-refractivity contribution is 6.33. The van der Waals surface area contributed by atoms with Crippen LogP contribution in [0.5, 0.6) is 5.88 Å². The fraction of sp³-hybridized carbons (Fsp3) is 0.425. The minimum absolute atomic E-state index is 0.0227. The number of halogens is 4. The number of nitrogens with zero attached hydrogens (tertiary/aromatic N) is 4. The standard InChI is InChI=1S/C40H43Cl2F2N5O6/c1-23(50)45-15-13-24-5-9-31(41)26(17-24)20-49(27-7-8-27)38(51)30-21-48(39(52)54-40(2,3)4)16-14-29(30)25-6-12-35(46-19-25)53-22-28-18-34(47-55-28)36-32(43)10-11-33(44)37(36)42/h5-6,9-12,17-19,27,29-30H,7-8,13-16,20-22H2,1-4H3,(H,45,50)/t29-,30+/m1/s1. The number of piperidine rings is 1. The lowest BCUT2D eigenvalue weighted by Gasteiger charge is -2.40. The van der Waals surface area contributed by atoms with Crippen LogP contribution in [0.4, 0.5) is 13.6 Å². The summed E-state index contributed by atoms with van der Waals surface area (Å²) >= 11 is 12.7. The predicted molar refractivity (Wildman–Crippen MR) is 202 cm³/mol. The number of likely N-dealkylation sites (tertiary alicyclic amines) is 1. The van der Waals surface area contributed by atoms with E-state index in [1.165, 1.54) is 13.0 Å². The second kappa shape index (κ2) is 16.9. The van der Waals surface area contributed by atoms with Gasteiger partial charge in [-0.05, 0) is 81.3 Å². The highest BCUT2D eigenvalue weighted by atomic mass is 35.5. The summed E-state index contributed by atoms with van der Waals surface area (Å²) in [6.07, 6.45) is 4.03. The van der Waals surface area contributed by atoms with Gasteiger partial charge in [-0.25, -0.2) is 18.6 Å². The van der Waals surface area contributed by atoms with E-state index in [1.54, 1.807) is 37.9 Å². The number of ether oxygens (including phenoxy) is 2. The Morgan fingerprint density at radius 2 is 1.80 bits per heavy atom. The van der Waals surface area contributed by atoms with Crippen molar-refractivity contribution in [3.63, 3.8) is 0 Å². The number of hydrogen-bond acceptors (Lipinski definition) is 8. The Labute approximate surface area is 328 Å². The molecule has 1 saturated heterocycles. The Morgan fingerprint density at radius 3 is 2.49 bits per heavy atom. The summed E-state index contributed by atoms with van der Waals surface area (Å²) < 4.78 is 45.2. The van der Waals surface area contributed by atoms with Gasteiger partial charge in [-0.15, -0.1) is 0 Å². The molecule has 6 rings (SSSR count). The van der Waals surface area contributed by atoms with Crippen molar-refractivity contribution in [1.29, 1.82) is 0 Å². The van der Waals surface area contributed by atoms with Gasteiger partial charge in [0.15, 0.2) is 12.4 Å². The molecule has 0 unspecified atom stereocenters. The molecule has 1 saturated carbocycles. The molecule has 2 aliphatic rings. The van der Waals surface area contributed by atoms with Crippen LogP contribution >= 0.6 is 23.2 Å². The third-order valence-corrected chi connectivity index (χ3v) is 10.2. The highest BCUT2D eigenvalue weighted by Gasteiger charge is 2.43. The highest BCUT2D eigenvalue weighted by Crippen LogP contribution is 2.39. The number of amides is 3. The van der Waals surface area contributed by atoms with Crippen molar-refractivity contribution in [2.24, 2.45) is 5.92 Å². The summed E-state index contributed by atoms with van der Waals surface area (Å²) in [6, 6.07) is 12.6. The quantitative estimate of drug-likeness (QED) is 0.143. The molecule has 2 fully saturated rings. The summed E-state index contributed by atoms with van der Waals surface area (Å²) in [5.74, 6) is -2.08. The molecule has 15 heteroatoms. The molecule has 292 valence electrons. The van der Waals surface area contributed by atoms with Gasteiger partial charge in [-0.2, -0.15) is 0 Å². The lowest BCUT2D eigenvalue weighted by Crippen LogP contribution is -2.51. The third-order valence-electron chi connectivity index (χ3n) is 9.50. The fourth-order valence-electron chi connectivity index (χ4n) is 6.65. The Hall–Kier alpha value is -4.75. The number of hydrogen-bond donors (Lipinski definition) is 1. The van der Waals surface area contributed by atoms with Crippen molar-refractivity contribution < 1.29 is 37.2 Å².